The van der Waals surface area contributed by atoms with Crippen LogP contribution < -0.4 is 14.8 Å². The fourth-order valence-corrected chi connectivity index (χ4v) is 2.85. The summed E-state index contributed by atoms with van der Waals surface area (Å²) in [5.41, 5.74) is 1.18. The summed E-state index contributed by atoms with van der Waals surface area (Å²) in [7, 11) is 3.45. The minimum absolute atomic E-state index is 0. The van der Waals surface area contributed by atoms with Crippen molar-refractivity contribution in [1.29, 1.82) is 0 Å². The van der Waals surface area contributed by atoms with Gasteiger partial charge < -0.3 is 14.8 Å². The van der Waals surface area contributed by atoms with Gasteiger partial charge in [-0.05, 0) is 18.6 Å². The number of rotatable bonds is 5. The highest BCUT2D eigenvalue weighted by molar-refractivity contribution is 5.85. The molecule has 1 fully saturated rings. The van der Waals surface area contributed by atoms with Gasteiger partial charge in [0.15, 0.2) is 0 Å². The first-order chi connectivity index (χ1) is 9.31. The number of piperazine rings is 1. The summed E-state index contributed by atoms with van der Waals surface area (Å²) in [5, 5.41) is 3.40. The van der Waals surface area contributed by atoms with E-state index >= 15 is 0 Å². The number of ether oxygens (including phenoxy) is 2. The highest BCUT2D eigenvalue weighted by atomic mass is 35.5. The molecule has 1 saturated heterocycles. The molecule has 1 heterocycles. The fraction of sp³-hybridized carbons (Fsp3) is 0.600. The molecule has 2 rings (SSSR count). The lowest BCUT2D eigenvalue weighted by atomic mass is 9.99. The molecule has 122 valence electrons. The normalized spacial score (nSPS) is 16.3. The molecule has 0 radical (unpaired) electrons. The molecular weight excluding hydrogens is 311 g/mol. The van der Waals surface area contributed by atoms with Gasteiger partial charge in [0.05, 0.1) is 19.8 Å². The van der Waals surface area contributed by atoms with Crippen molar-refractivity contribution in [3.63, 3.8) is 0 Å². The van der Waals surface area contributed by atoms with Crippen LogP contribution in [0.15, 0.2) is 18.2 Å². The van der Waals surface area contributed by atoms with Gasteiger partial charge in [-0.15, -0.1) is 24.8 Å². The van der Waals surface area contributed by atoms with Gasteiger partial charge in [0.2, 0.25) is 0 Å². The Morgan fingerprint density at radius 2 is 1.62 bits per heavy atom. The van der Waals surface area contributed by atoms with Gasteiger partial charge >= 0.3 is 0 Å². The second-order valence-electron chi connectivity index (χ2n) is 4.79. The Morgan fingerprint density at radius 1 is 1.10 bits per heavy atom. The van der Waals surface area contributed by atoms with Crippen molar-refractivity contribution in [3.05, 3.63) is 23.8 Å². The summed E-state index contributed by atoms with van der Waals surface area (Å²) in [4.78, 5) is 2.51. The first kappa shape index (κ1) is 20.3. The second-order valence-corrected chi connectivity index (χ2v) is 4.79. The lowest BCUT2D eigenvalue weighted by Gasteiger charge is -2.35. The Morgan fingerprint density at radius 3 is 2.05 bits per heavy atom. The van der Waals surface area contributed by atoms with Crippen LogP contribution in [0.4, 0.5) is 0 Å². The van der Waals surface area contributed by atoms with E-state index in [1.807, 2.05) is 18.2 Å². The Hall–Kier alpha value is -0.680. The smallest absolute Gasteiger partial charge is 0.127 e. The van der Waals surface area contributed by atoms with E-state index in [0.717, 1.165) is 44.1 Å². The minimum atomic E-state index is 0. The number of nitrogens with zero attached hydrogens (tertiary/aromatic N) is 1. The van der Waals surface area contributed by atoms with E-state index in [0.29, 0.717) is 6.04 Å². The highest BCUT2D eigenvalue weighted by Gasteiger charge is 2.26. The van der Waals surface area contributed by atoms with Crippen molar-refractivity contribution < 1.29 is 9.47 Å². The second kappa shape index (κ2) is 10.1. The van der Waals surface area contributed by atoms with E-state index in [4.69, 9.17) is 9.47 Å². The summed E-state index contributed by atoms with van der Waals surface area (Å²) >= 11 is 0. The number of benzene rings is 1. The average Bonchev–Trinajstić information content (AvgIpc) is 2.49. The van der Waals surface area contributed by atoms with Crippen LogP contribution in [-0.4, -0.2) is 45.3 Å². The van der Waals surface area contributed by atoms with Crippen molar-refractivity contribution in [1.82, 2.24) is 10.2 Å². The van der Waals surface area contributed by atoms with Crippen LogP contribution in [-0.2, 0) is 0 Å². The van der Waals surface area contributed by atoms with Gasteiger partial charge in [-0.3, -0.25) is 4.90 Å². The first-order valence-electron chi connectivity index (χ1n) is 6.97. The van der Waals surface area contributed by atoms with Crippen molar-refractivity contribution in [3.8, 4) is 11.5 Å². The topological polar surface area (TPSA) is 33.7 Å². The molecule has 0 saturated carbocycles. The van der Waals surface area contributed by atoms with Crippen molar-refractivity contribution >= 4 is 24.8 Å². The standard InChI is InChI=1S/C15H24N2O2.2ClH/c1-4-12(17-10-8-16-9-11-17)15-13(18-2)6-5-7-14(15)19-3;;/h5-7,12,16H,4,8-11H2,1-3H3;2*1H/t12-;;/m0../s1. The van der Waals surface area contributed by atoms with E-state index in [2.05, 4.69) is 17.1 Å². The molecule has 0 unspecified atom stereocenters. The molecule has 1 aromatic carbocycles. The summed E-state index contributed by atoms with van der Waals surface area (Å²) < 4.78 is 11.1. The van der Waals surface area contributed by atoms with Crippen molar-refractivity contribution in [2.24, 2.45) is 0 Å². The van der Waals surface area contributed by atoms with Crippen LogP contribution in [0.25, 0.3) is 0 Å². The minimum Gasteiger partial charge on any atom is -0.496 e. The van der Waals surface area contributed by atoms with E-state index in [1.165, 1.54) is 5.56 Å². The van der Waals surface area contributed by atoms with Gasteiger partial charge in [0.25, 0.3) is 0 Å². The van der Waals surface area contributed by atoms with Crippen LogP contribution in [0.2, 0.25) is 0 Å². The molecule has 4 nitrogen and oxygen atoms in total. The Balaban J connectivity index is 0.00000200. The van der Waals surface area contributed by atoms with Gasteiger partial charge in [-0.1, -0.05) is 13.0 Å². The maximum Gasteiger partial charge on any atom is 0.127 e. The summed E-state index contributed by atoms with van der Waals surface area (Å²) in [6.07, 6.45) is 1.05. The van der Waals surface area contributed by atoms with E-state index in [9.17, 15) is 0 Å². The number of nitrogens with one attached hydrogen (secondary N) is 1. The first-order valence-corrected chi connectivity index (χ1v) is 6.97. The zero-order valence-electron chi connectivity index (χ0n) is 12.9. The molecule has 1 aromatic rings. The predicted molar refractivity (Wildman–Crippen MR) is 91.5 cm³/mol. The van der Waals surface area contributed by atoms with Crippen molar-refractivity contribution in [2.45, 2.75) is 19.4 Å². The third kappa shape index (κ3) is 4.65. The van der Waals surface area contributed by atoms with Crippen LogP contribution in [0, 0.1) is 0 Å². The average molecular weight is 337 g/mol. The Kier molecular flexibility index (Phi) is 9.79. The maximum absolute atomic E-state index is 5.54. The fourth-order valence-electron chi connectivity index (χ4n) is 2.85. The van der Waals surface area contributed by atoms with Gasteiger partial charge in [-0.25, -0.2) is 0 Å². The lowest BCUT2D eigenvalue weighted by molar-refractivity contribution is 0.163. The predicted octanol–water partition coefficient (Wildman–Crippen LogP) is 2.90. The molecule has 0 bridgehead atoms. The van der Waals surface area contributed by atoms with Crippen LogP contribution >= 0.6 is 24.8 Å². The summed E-state index contributed by atoms with van der Waals surface area (Å²) in [6.45, 7) is 6.46. The lowest BCUT2D eigenvalue weighted by Crippen LogP contribution is -2.45. The molecule has 6 heteroatoms. The Bertz CT molecular complexity index is 390. The third-order valence-electron chi connectivity index (χ3n) is 3.78. The maximum atomic E-state index is 5.54. The van der Waals surface area contributed by atoms with Crippen molar-refractivity contribution in [2.75, 3.05) is 40.4 Å². The molecular formula is C15H26Cl2N2O2. The van der Waals surface area contributed by atoms with Gasteiger partial charge in [-0.2, -0.15) is 0 Å². The molecule has 0 amide bonds. The van der Waals surface area contributed by atoms with E-state index < -0.39 is 0 Å². The largest absolute Gasteiger partial charge is 0.496 e. The third-order valence-corrected chi connectivity index (χ3v) is 3.78. The molecule has 1 aliphatic heterocycles. The van der Waals surface area contributed by atoms with Crippen LogP contribution in [0.3, 0.4) is 0 Å². The quantitative estimate of drug-likeness (QED) is 0.896. The van der Waals surface area contributed by atoms with Crippen LogP contribution in [0.5, 0.6) is 11.5 Å². The van der Waals surface area contributed by atoms with E-state index in [-0.39, 0.29) is 24.8 Å². The molecule has 1 N–H and O–H groups in total. The number of hydrogen-bond acceptors (Lipinski definition) is 4. The monoisotopic (exact) mass is 336 g/mol. The number of halogens is 2. The molecule has 0 aromatic heterocycles. The zero-order valence-corrected chi connectivity index (χ0v) is 14.6. The zero-order chi connectivity index (χ0) is 13.7. The number of hydrogen-bond donors (Lipinski definition) is 1. The van der Waals surface area contributed by atoms with Gasteiger partial charge in [0.1, 0.15) is 11.5 Å². The molecule has 1 aliphatic rings. The highest BCUT2D eigenvalue weighted by Crippen LogP contribution is 2.38. The van der Waals surface area contributed by atoms with E-state index in [1.54, 1.807) is 14.2 Å². The molecule has 0 spiro atoms. The van der Waals surface area contributed by atoms with Crippen LogP contribution in [0.1, 0.15) is 24.9 Å². The summed E-state index contributed by atoms with van der Waals surface area (Å²) in [5.74, 6) is 1.84. The molecule has 0 aliphatic carbocycles. The van der Waals surface area contributed by atoms with Gasteiger partial charge in [0, 0.05) is 32.2 Å². The molecule has 21 heavy (non-hydrogen) atoms. The summed E-state index contributed by atoms with van der Waals surface area (Å²) in [6, 6.07) is 6.37. The molecule has 1 atom stereocenters. The Labute approximate surface area is 140 Å². The number of methoxy groups -OCH3 is 2. The SMILES string of the molecule is CC[C@@H](c1c(OC)cccc1OC)N1CCNCC1.Cl.Cl.